The van der Waals surface area contributed by atoms with E-state index in [1.54, 1.807) is 30.6 Å². The lowest BCUT2D eigenvalue weighted by Crippen LogP contribution is -2.52. The van der Waals surface area contributed by atoms with Crippen LogP contribution in [0.2, 0.25) is 0 Å². The first kappa shape index (κ1) is 43.3. The predicted molar refractivity (Wildman–Crippen MR) is 233 cm³/mol. The number of pyridine rings is 2. The first-order valence-electron chi connectivity index (χ1n) is 21.7. The third kappa shape index (κ3) is 8.70. The Hall–Kier alpha value is -4.75. The molecular formula is C48H62N6O6. The summed E-state index contributed by atoms with van der Waals surface area (Å²) in [5.74, 6) is 0.399. The molecule has 60 heavy (non-hydrogen) atoms. The standard InChI is InChI=1S/C48H62N6O6/c1-6-51-39-22-34-11-8-7-10-33(34)21-36(39)28-59-45(58)48-44(57)42-35(24-46(3,4)23-32-16-17-40(49)53-26-32)12-9-13-38(42)43(56)47(48,60-48)25-37(27-55)30(2)14-15-31-18-19-52-41(20-31)54-29-50-5/h8-9,11-13,16-20,26,33-34,36,39,50-51,55H,6-7,10,14-15,21-25,27-29H2,1-5H3,(H2,49,53)(H,52,54)/b37-30-/t33-,34+,36+,39-,47-,48-/m0/s1. The highest BCUT2D eigenvalue weighted by molar-refractivity contribution is 6.33. The molecule has 0 radical (unpaired) electrons. The van der Waals surface area contributed by atoms with E-state index >= 15 is 9.59 Å². The lowest BCUT2D eigenvalue weighted by molar-refractivity contribution is -0.150. The average Bonchev–Trinajstić information content (AvgIpc) is 3.94. The van der Waals surface area contributed by atoms with Crippen LogP contribution in [0.3, 0.4) is 0 Å². The second kappa shape index (κ2) is 18.1. The van der Waals surface area contributed by atoms with Crippen molar-refractivity contribution < 1.29 is 29.0 Å². The smallest absolute Gasteiger partial charge is 0.350 e. The number of Topliss-reactive ketones (excluding diaryl/α,β-unsaturated/α-hetero) is 2. The molecule has 6 atom stereocenters. The van der Waals surface area contributed by atoms with Crippen molar-refractivity contribution >= 4 is 29.2 Å². The molecule has 3 aliphatic carbocycles. The summed E-state index contributed by atoms with van der Waals surface area (Å²) < 4.78 is 12.6. The zero-order valence-electron chi connectivity index (χ0n) is 35.8. The van der Waals surface area contributed by atoms with Gasteiger partial charge in [-0.25, -0.2) is 14.8 Å². The summed E-state index contributed by atoms with van der Waals surface area (Å²) in [5, 5.41) is 20.7. The van der Waals surface area contributed by atoms with E-state index in [-0.39, 0.29) is 48.1 Å². The van der Waals surface area contributed by atoms with Crippen molar-refractivity contribution in [3.05, 3.63) is 106 Å². The van der Waals surface area contributed by atoms with Crippen LogP contribution in [0.1, 0.15) is 104 Å². The maximum Gasteiger partial charge on any atom is 0.350 e. The Morgan fingerprint density at radius 1 is 1.08 bits per heavy atom. The molecule has 3 heterocycles. The lowest BCUT2D eigenvalue weighted by Gasteiger charge is -2.42. The number of nitrogens with two attached hydrogens (primary N) is 1. The summed E-state index contributed by atoms with van der Waals surface area (Å²) in [4.78, 5) is 53.7. The number of benzene rings is 1. The van der Waals surface area contributed by atoms with Crippen molar-refractivity contribution in [2.75, 3.05) is 44.5 Å². The Kier molecular flexibility index (Phi) is 13.1. The molecule has 320 valence electrons. The number of hydrogen-bond acceptors (Lipinski definition) is 12. The topological polar surface area (TPSA) is 181 Å². The van der Waals surface area contributed by atoms with Gasteiger partial charge in [-0.1, -0.05) is 62.8 Å². The van der Waals surface area contributed by atoms with Crippen LogP contribution in [0.5, 0.6) is 0 Å². The van der Waals surface area contributed by atoms with Gasteiger partial charge in [0.15, 0.2) is 11.4 Å². The van der Waals surface area contributed by atoms with Crippen molar-refractivity contribution in [1.29, 1.82) is 0 Å². The summed E-state index contributed by atoms with van der Waals surface area (Å²) >= 11 is 0. The van der Waals surface area contributed by atoms with Gasteiger partial charge in [0.2, 0.25) is 5.78 Å². The number of allylic oxidation sites excluding steroid dienone is 3. The van der Waals surface area contributed by atoms with Gasteiger partial charge in [0.05, 0.1) is 19.9 Å². The van der Waals surface area contributed by atoms with E-state index in [0.717, 1.165) is 54.7 Å². The van der Waals surface area contributed by atoms with Gasteiger partial charge in [-0.15, -0.1) is 0 Å². The molecule has 1 aromatic carbocycles. The van der Waals surface area contributed by atoms with E-state index < -0.39 is 28.7 Å². The van der Waals surface area contributed by atoms with Gasteiger partial charge in [-0.05, 0) is 130 Å². The van der Waals surface area contributed by atoms with Gasteiger partial charge < -0.3 is 36.3 Å². The van der Waals surface area contributed by atoms with E-state index in [0.29, 0.717) is 61.1 Å². The first-order chi connectivity index (χ1) is 28.8. The number of nitrogen functional groups attached to an aromatic ring is 1. The number of aliphatic hydroxyl groups is 1. The normalized spacial score (nSPS) is 26.1. The van der Waals surface area contributed by atoms with Crippen LogP contribution in [-0.4, -0.2) is 83.3 Å². The van der Waals surface area contributed by atoms with E-state index in [4.69, 9.17) is 15.2 Å². The number of anilines is 2. The highest BCUT2D eigenvalue weighted by Crippen LogP contribution is 2.60. The lowest BCUT2D eigenvalue weighted by atomic mass is 9.68. The Morgan fingerprint density at radius 3 is 2.67 bits per heavy atom. The van der Waals surface area contributed by atoms with E-state index in [1.165, 1.54) is 0 Å². The Morgan fingerprint density at radius 2 is 1.92 bits per heavy atom. The monoisotopic (exact) mass is 818 g/mol. The molecule has 0 amide bonds. The average molecular weight is 819 g/mol. The first-order valence-corrected chi connectivity index (χ1v) is 21.7. The molecule has 2 aromatic heterocycles. The molecule has 1 saturated carbocycles. The molecule has 0 spiro atoms. The number of ketones is 2. The maximum atomic E-state index is 15.2. The number of ether oxygens (including phenoxy) is 2. The Balaban J connectivity index is 1.19. The summed E-state index contributed by atoms with van der Waals surface area (Å²) in [5.41, 5.74) is 6.04. The van der Waals surface area contributed by atoms with Gasteiger partial charge in [0.1, 0.15) is 11.6 Å². The summed E-state index contributed by atoms with van der Waals surface area (Å²) in [7, 11) is 1.85. The number of aliphatic hydroxyl groups excluding tert-OH is 1. The fraction of sp³-hybridized carbons (Fsp3) is 0.521. The Bertz CT molecular complexity index is 2130. The van der Waals surface area contributed by atoms with Crippen LogP contribution in [0, 0.1) is 23.2 Å². The minimum Gasteiger partial charge on any atom is -0.463 e. The molecule has 0 bridgehead atoms. The van der Waals surface area contributed by atoms with Gasteiger partial charge >= 0.3 is 5.97 Å². The van der Waals surface area contributed by atoms with Crippen LogP contribution in [0.15, 0.2) is 78.2 Å². The fourth-order valence-corrected chi connectivity index (χ4v) is 10.1. The number of epoxide rings is 1. The molecule has 1 aliphatic heterocycles. The molecule has 0 unspecified atom stereocenters. The minimum absolute atomic E-state index is 0.0457. The summed E-state index contributed by atoms with van der Waals surface area (Å²) in [6.07, 6.45) is 14.3. The molecule has 12 nitrogen and oxygen atoms in total. The number of nitrogens with one attached hydrogen (secondary N) is 3. The van der Waals surface area contributed by atoms with Crippen molar-refractivity contribution in [3.8, 4) is 0 Å². The quantitative estimate of drug-likeness (QED) is 0.0324. The molecule has 4 aliphatic rings. The van der Waals surface area contributed by atoms with Gasteiger partial charge in [0.25, 0.3) is 5.60 Å². The number of carbonyl (C=O) groups is 3. The van der Waals surface area contributed by atoms with Crippen LogP contribution < -0.4 is 21.7 Å². The molecule has 3 aromatic rings. The van der Waals surface area contributed by atoms with Crippen molar-refractivity contribution in [3.63, 3.8) is 0 Å². The summed E-state index contributed by atoms with van der Waals surface area (Å²) in [6.45, 7) is 9.31. The van der Waals surface area contributed by atoms with Crippen molar-refractivity contribution in [2.45, 2.75) is 103 Å². The van der Waals surface area contributed by atoms with E-state index in [2.05, 4.69) is 58.8 Å². The minimum atomic E-state index is -2.17. The van der Waals surface area contributed by atoms with Crippen LogP contribution >= 0.6 is 0 Å². The number of aryl methyl sites for hydroxylation is 1. The molecule has 1 saturated heterocycles. The number of carbonyl (C=O) groups excluding carboxylic acids is 3. The molecule has 7 rings (SSSR count). The second-order valence-corrected chi connectivity index (χ2v) is 18.1. The second-order valence-electron chi connectivity index (χ2n) is 18.1. The fourth-order valence-electron chi connectivity index (χ4n) is 10.1. The SMILES string of the molecule is CCN[C@H]1C[C@H]2C=CCC[C@H]2C[C@@H]1COC(=O)[C@]12O[C@@]1(C/C(CO)=C(\C)CCc1ccnc(NCNC)c1)C(=O)c1cccc(CC(C)(C)Cc3ccc(N)nc3)c1C2=O. The van der Waals surface area contributed by atoms with Gasteiger partial charge in [-0.3, -0.25) is 9.59 Å². The number of fused-ring (bicyclic) bond motifs is 3. The number of aromatic nitrogens is 2. The largest absolute Gasteiger partial charge is 0.463 e. The molecular weight excluding hydrogens is 757 g/mol. The molecule has 12 heteroatoms. The zero-order valence-corrected chi connectivity index (χ0v) is 35.8. The van der Waals surface area contributed by atoms with Crippen molar-refractivity contribution in [2.24, 2.45) is 23.2 Å². The number of rotatable bonds is 18. The predicted octanol–water partition coefficient (Wildman–Crippen LogP) is 6.19. The van der Waals surface area contributed by atoms with E-state index in [1.807, 2.05) is 38.2 Å². The number of esters is 1. The Labute approximate surface area is 354 Å². The van der Waals surface area contributed by atoms with Gasteiger partial charge in [0, 0.05) is 41.9 Å². The highest BCUT2D eigenvalue weighted by Gasteiger charge is 2.85. The maximum absolute atomic E-state index is 15.2. The van der Waals surface area contributed by atoms with Crippen LogP contribution in [0.4, 0.5) is 11.6 Å². The highest BCUT2D eigenvalue weighted by atomic mass is 16.7. The molecule has 2 fully saturated rings. The van der Waals surface area contributed by atoms with E-state index in [9.17, 15) is 9.90 Å². The third-order valence-corrected chi connectivity index (χ3v) is 13.3. The third-order valence-electron chi connectivity index (χ3n) is 13.3. The van der Waals surface area contributed by atoms with Gasteiger partial charge in [-0.2, -0.15) is 0 Å². The summed E-state index contributed by atoms with van der Waals surface area (Å²) in [6, 6.07) is 13.1. The zero-order chi connectivity index (χ0) is 42.7. The van der Waals surface area contributed by atoms with Crippen molar-refractivity contribution in [1.82, 2.24) is 20.6 Å². The van der Waals surface area contributed by atoms with Crippen LogP contribution in [0.25, 0.3) is 0 Å². The number of nitrogens with zero attached hydrogens (tertiary/aromatic N) is 2. The molecule has 6 N–H and O–H groups in total. The number of hydrogen-bond donors (Lipinski definition) is 5. The van der Waals surface area contributed by atoms with Crippen LogP contribution in [-0.2, 0) is 33.5 Å².